The molecule has 0 saturated carbocycles. The number of nitrogen functional groups attached to an aromatic ring is 1. The smallest absolute Gasteiger partial charge is 0.416 e. The highest BCUT2D eigenvalue weighted by molar-refractivity contribution is 6.12. The molecule has 12 nitrogen and oxygen atoms in total. The molecule has 0 spiro atoms. The molecule has 2 amide bonds. The molecule has 0 aliphatic carbocycles. The lowest BCUT2D eigenvalue weighted by Gasteiger charge is -2.37. The van der Waals surface area contributed by atoms with E-state index in [0.29, 0.717) is 6.42 Å². The predicted molar refractivity (Wildman–Crippen MR) is 128 cm³/mol. The number of oxazole rings is 1. The van der Waals surface area contributed by atoms with Crippen molar-refractivity contribution < 1.29 is 32.3 Å². The number of anilines is 2. The summed E-state index contributed by atoms with van der Waals surface area (Å²) >= 11 is 0. The highest BCUT2D eigenvalue weighted by atomic mass is 19.4. The Hall–Kier alpha value is -4.43. The summed E-state index contributed by atoms with van der Waals surface area (Å²) in [6, 6.07) is 1.47. The second-order valence-electron chi connectivity index (χ2n) is 10.0. The van der Waals surface area contributed by atoms with Gasteiger partial charge in [0.2, 0.25) is 0 Å². The number of alkyl halides is 3. The molecular weight excluding hydrogens is 509 g/mol. The zero-order valence-corrected chi connectivity index (χ0v) is 20.4. The molecule has 15 heteroatoms. The van der Waals surface area contributed by atoms with Crippen molar-refractivity contribution in [1.29, 1.82) is 0 Å². The number of amides is 2. The van der Waals surface area contributed by atoms with Crippen molar-refractivity contribution in [2.45, 2.75) is 45.5 Å². The summed E-state index contributed by atoms with van der Waals surface area (Å²) in [6.07, 6.45) is -4.00. The highest BCUT2D eigenvalue weighted by Crippen LogP contribution is 2.41. The van der Waals surface area contributed by atoms with Gasteiger partial charge in [0.25, 0.3) is 5.91 Å². The summed E-state index contributed by atoms with van der Waals surface area (Å²) in [5.74, 6) is -0.836. The molecule has 0 radical (unpaired) electrons. The predicted octanol–water partition coefficient (Wildman–Crippen LogP) is 4.16. The number of rotatable bonds is 3. The molecule has 4 heterocycles. The second-order valence-corrected chi connectivity index (χ2v) is 10.0. The van der Waals surface area contributed by atoms with Crippen LogP contribution in [0.25, 0.3) is 22.1 Å². The number of hydrogen-bond acceptors (Lipinski definition) is 8. The van der Waals surface area contributed by atoms with E-state index in [0.717, 1.165) is 18.2 Å². The third-order valence-corrected chi connectivity index (χ3v) is 6.48. The molecule has 4 aromatic rings. The number of nitrogens with zero attached hydrogens (tertiary/aromatic N) is 6. The summed E-state index contributed by atoms with van der Waals surface area (Å²) < 4.78 is 46.0. The van der Waals surface area contributed by atoms with Gasteiger partial charge in [0.1, 0.15) is 17.7 Å². The fourth-order valence-electron chi connectivity index (χ4n) is 4.99. The minimum absolute atomic E-state index is 0.0285. The zero-order valence-electron chi connectivity index (χ0n) is 20.4. The van der Waals surface area contributed by atoms with Crippen LogP contribution >= 0.6 is 0 Å². The van der Waals surface area contributed by atoms with Crippen LogP contribution in [-0.2, 0) is 6.18 Å². The molecule has 0 bridgehead atoms. The zero-order chi connectivity index (χ0) is 27.6. The van der Waals surface area contributed by atoms with E-state index in [2.05, 4.69) is 25.4 Å². The van der Waals surface area contributed by atoms with E-state index < -0.39 is 41.2 Å². The molecule has 2 unspecified atom stereocenters. The third-order valence-electron chi connectivity index (χ3n) is 6.48. The second kappa shape index (κ2) is 8.56. The lowest BCUT2D eigenvalue weighted by atomic mass is 9.83. The summed E-state index contributed by atoms with van der Waals surface area (Å²) in [7, 11) is 0. The number of halogens is 3. The number of nitrogens with two attached hydrogens (primary N) is 1. The van der Waals surface area contributed by atoms with Gasteiger partial charge in [-0.15, -0.1) is 0 Å². The van der Waals surface area contributed by atoms with Crippen molar-refractivity contribution in [3.05, 3.63) is 35.8 Å². The minimum atomic E-state index is -4.57. The summed E-state index contributed by atoms with van der Waals surface area (Å²) in [5.41, 5.74) is 4.70. The Balaban J connectivity index is 1.54. The fraction of sp³-hybridized carbons (Fsp3) is 0.391. The number of fused-ring (bicyclic) bond motifs is 2. The topological polar surface area (TPSA) is 165 Å². The molecule has 38 heavy (non-hydrogen) atoms. The van der Waals surface area contributed by atoms with E-state index in [1.54, 1.807) is 0 Å². The summed E-state index contributed by atoms with van der Waals surface area (Å²) in [5, 5.41) is 16.8. The quantitative estimate of drug-likeness (QED) is 0.351. The number of likely N-dealkylation sites (tertiary alicyclic amines) is 1. The molecule has 1 aromatic carbocycles. The van der Waals surface area contributed by atoms with E-state index >= 15 is 0 Å². The first-order valence-corrected chi connectivity index (χ1v) is 11.5. The monoisotopic (exact) mass is 532 g/mol. The molecule has 200 valence electrons. The highest BCUT2D eigenvalue weighted by Gasteiger charge is 2.46. The fourth-order valence-corrected chi connectivity index (χ4v) is 4.99. The molecule has 2 atom stereocenters. The summed E-state index contributed by atoms with van der Waals surface area (Å²) in [6.45, 7) is 5.98. The van der Waals surface area contributed by atoms with Crippen LogP contribution in [0.4, 0.5) is 29.8 Å². The van der Waals surface area contributed by atoms with Crippen LogP contribution in [0, 0.1) is 5.41 Å². The Morgan fingerprint density at radius 2 is 1.95 bits per heavy atom. The lowest BCUT2D eigenvalue weighted by Crippen LogP contribution is -2.46. The Kier molecular flexibility index (Phi) is 5.69. The average Bonchev–Trinajstić information content (AvgIpc) is 3.52. The maximum absolute atomic E-state index is 13.3. The minimum Gasteiger partial charge on any atom is -0.465 e. The first-order chi connectivity index (χ1) is 17.8. The first-order valence-electron chi connectivity index (χ1n) is 11.5. The van der Waals surface area contributed by atoms with Crippen LogP contribution < -0.4 is 11.1 Å². The van der Waals surface area contributed by atoms with Crippen LogP contribution in [0.3, 0.4) is 0 Å². The molecule has 1 aliphatic heterocycles. The van der Waals surface area contributed by atoms with Crippen LogP contribution in [0.1, 0.15) is 49.3 Å². The number of carbonyl (C=O) groups is 2. The number of aromatic nitrogens is 5. The van der Waals surface area contributed by atoms with Crippen molar-refractivity contribution in [2.75, 3.05) is 17.6 Å². The van der Waals surface area contributed by atoms with Crippen LogP contribution in [-0.4, -0.2) is 59.3 Å². The maximum atomic E-state index is 13.3. The molecular formula is C23H23F3N8O4. The van der Waals surface area contributed by atoms with Crippen LogP contribution in [0.2, 0.25) is 0 Å². The van der Waals surface area contributed by atoms with Gasteiger partial charge in [-0.2, -0.15) is 23.3 Å². The third kappa shape index (κ3) is 4.22. The molecule has 1 aliphatic rings. The Morgan fingerprint density at radius 3 is 2.61 bits per heavy atom. The van der Waals surface area contributed by atoms with Crippen molar-refractivity contribution >= 4 is 46.0 Å². The number of hydrogen-bond donors (Lipinski definition) is 3. The number of benzene rings is 1. The van der Waals surface area contributed by atoms with Gasteiger partial charge in [0.05, 0.1) is 23.0 Å². The van der Waals surface area contributed by atoms with Gasteiger partial charge in [-0.3, -0.25) is 10.1 Å². The van der Waals surface area contributed by atoms with Gasteiger partial charge in [-0.1, -0.05) is 20.8 Å². The van der Waals surface area contributed by atoms with E-state index in [4.69, 9.17) is 10.2 Å². The van der Waals surface area contributed by atoms with Crippen molar-refractivity contribution in [3.8, 4) is 0 Å². The number of carboxylic acid groups (broad SMARTS) is 1. The first kappa shape index (κ1) is 25.2. The molecule has 3 aromatic heterocycles. The maximum Gasteiger partial charge on any atom is 0.416 e. The van der Waals surface area contributed by atoms with E-state index in [-0.39, 0.29) is 46.2 Å². The Bertz CT molecular complexity index is 1570. The van der Waals surface area contributed by atoms with Crippen molar-refractivity contribution in [1.82, 2.24) is 29.6 Å². The van der Waals surface area contributed by atoms with E-state index in [9.17, 15) is 27.9 Å². The number of carbonyl (C=O) groups excluding carboxylic acids is 1. The van der Waals surface area contributed by atoms with Crippen molar-refractivity contribution in [2.24, 2.45) is 5.41 Å². The van der Waals surface area contributed by atoms with E-state index in [1.807, 2.05) is 20.8 Å². The standard InChI is InChI=1S/C23H23F3N8O4/c1-22(2,3)16-12(6-7-33(16)21(36)37)34-18-14(17(27)28-9-29-18)15(32-34)19(35)31-20-30-11-8-10(23(24,25)26)4-5-13(11)38-20/h4-5,8-9,12,16H,6-7H2,1-3H3,(H,36,37)(H2,27,28,29)(H,30,31,35). The normalized spacial score (nSPS) is 18.4. The molecule has 1 saturated heterocycles. The Labute approximate surface area is 212 Å². The van der Waals surface area contributed by atoms with Gasteiger partial charge in [-0.25, -0.2) is 19.4 Å². The lowest BCUT2D eigenvalue weighted by molar-refractivity contribution is -0.137. The van der Waals surface area contributed by atoms with Gasteiger partial charge in [0, 0.05) is 6.54 Å². The van der Waals surface area contributed by atoms with Crippen LogP contribution in [0.5, 0.6) is 0 Å². The largest absolute Gasteiger partial charge is 0.465 e. The van der Waals surface area contributed by atoms with Gasteiger partial charge in [0.15, 0.2) is 16.9 Å². The average molecular weight is 532 g/mol. The molecule has 4 N–H and O–H groups in total. The van der Waals surface area contributed by atoms with Crippen LogP contribution in [0.15, 0.2) is 28.9 Å². The number of nitrogens with one attached hydrogen (secondary N) is 1. The summed E-state index contributed by atoms with van der Waals surface area (Å²) in [4.78, 5) is 38.7. The SMILES string of the molecule is CC(C)(C)C1C(n2nc(C(=O)Nc3nc4cc(C(F)(F)F)ccc4o3)c3c(N)ncnc32)CCN1C(=O)O. The van der Waals surface area contributed by atoms with Gasteiger partial charge in [-0.05, 0) is 30.0 Å². The van der Waals surface area contributed by atoms with E-state index in [1.165, 1.54) is 15.9 Å². The van der Waals surface area contributed by atoms with Gasteiger partial charge < -0.3 is 20.2 Å². The van der Waals surface area contributed by atoms with Crippen molar-refractivity contribution in [3.63, 3.8) is 0 Å². The molecule has 1 fully saturated rings. The van der Waals surface area contributed by atoms with Gasteiger partial charge >= 0.3 is 18.3 Å². The molecule has 5 rings (SSSR count). The Morgan fingerprint density at radius 1 is 1.21 bits per heavy atom.